The summed E-state index contributed by atoms with van der Waals surface area (Å²) in [5, 5.41) is 12.0. The van der Waals surface area contributed by atoms with Crippen molar-refractivity contribution in [2.45, 2.75) is 19.8 Å². The van der Waals surface area contributed by atoms with Crippen LogP contribution in [0.4, 0.5) is 0 Å². The van der Waals surface area contributed by atoms with Gasteiger partial charge in [-0.05, 0) is 43.6 Å². The fourth-order valence-electron chi connectivity index (χ4n) is 1.49. The van der Waals surface area contributed by atoms with Crippen molar-refractivity contribution in [2.75, 3.05) is 13.1 Å². The number of halogens is 1. The van der Waals surface area contributed by atoms with Crippen molar-refractivity contribution in [1.82, 2.24) is 5.32 Å². The standard InChI is InChI=1S/C13H18BrNO2/c1-10(13(16)17)5-7-15-8-6-11-3-2-4-12(14)9-11/h2-4,9-10,15H,5-8H2,1H3,(H,16,17). The van der Waals surface area contributed by atoms with Gasteiger partial charge in [0, 0.05) is 4.47 Å². The van der Waals surface area contributed by atoms with E-state index in [1.165, 1.54) is 5.56 Å². The van der Waals surface area contributed by atoms with E-state index in [4.69, 9.17) is 5.11 Å². The van der Waals surface area contributed by atoms with Crippen LogP contribution in [0.5, 0.6) is 0 Å². The lowest BCUT2D eigenvalue weighted by molar-refractivity contribution is -0.141. The van der Waals surface area contributed by atoms with Crippen molar-refractivity contribution in [1.29, 1.82) is 0 Å². The first-order chi connectivity index (χ1) is 8.09. The Balaban J connectivity index is 2.14. The fourth-order valence-corrected chi connectivity index (χ4v) is 1.94. The smallest absolute Gasteiger partial charge is 0.306 e. The molecular formula is C13H18BrNO2. The molecule has 1 aromatic rings. The predicted octanol–water partition coefficient (Wildman–Crippen LogP) is 2.69. The van der Waals surface area contributed by atoms with E-state index in [1.54, 1.807) is 6.92 Å². The Labute approximate surface area is 110 Å². The quantitative estimate of drug-likeness (QED) is 0.761. The molecular weight excluding hydrogens is 282 g/mol. The molecule has 0 aliphatic heterocycles. The Hall–Kier alpha value is -0.870. The lowest BCUT2D eigenvalue weighted by atomic mass is 10.1. The number of carbonyl (C=O) groups is 1. The highest BCUT2D eigenvalue weighted by atomic mass is 79.9. The molecule has 1 rings (SSSR count). The number of carboxylic acid groups (broad SMARTS) is 1. The van der Waals surface area contributed by atoms with Crippen LogP contribution >= 0.6 is 15.9 Å². The molecule has 94 valence electrons. The van der Waals surface area contributed by atoms with Crippen molar-refractivity contribution < 1.29 is 9.90 Å². The molecule has 0 spiro atoms. The van der Waals surface area contributed by atoms with Crippen LogP contribution < -0.4 is 5.32 Å². The molecule has 1 aromatic carbocycles. The first-order valence-electron chi connectivity index (χ1n) is 5.77. The van der Waals surface area contributed by atoms with E-state index in [-0.39, 0.29) is 5.92 Å². The van der Waals surface area contributed by atoms with E-state index in [1.807, 2.05) is 12.1 Å². The number of hydrogen-bond donors (Lipinski definition) is 2. The summed E-state index contributed by atoms with van der Waals surface area (Å²) in [6, 6.07) is 8.21. The molecule has 0 saturated carbocycles. The second-order valence-corrected chi connectivity index (χ2v) is 5.07. The highest BCUT2D eigenvalue weighted by Gasteiger charge is 2.09. The maximum Gasteiger partial charge on any atom is 0.306 e. The first kappa shape index (κ1) is 14.2. The number of aliphatic carboxylic acids is 1. The third kappa shape index (κ3) is 5.84. The van der Waals surface area contributed by atoms with Gasteiger partial charge in [-0.25, -0.2) is 0 Å². The molecule has 0 radical (unpaired) electrons. The molecule has 0 aliphatic carbocycles. The van der Waals surface area contributed by atoms with Crippen LogP contribution in [0.2, 0.25) is 0 Å². The van der Waals surface area contributed by atoms with Crippen LogP contribution in [0.25, 0.3) is 0 Å². The molecule has 2 N–H and O–H groups in total. The minimum absolute atomic E-state index is 0.270. The molecule has 0 fully saturated rings. The molecule has 0 bridgehead atoms. The Morgan fingerprint density at radius 3 is 2.88 bits per heavy atom. The first-order valence-corrected chi connectivity index (χ1v) is 6.57. The highest BCUT2D eigenvalue weighted by Crippen LogP contribution is 2.11. The molecule has 0 amide bonds. The zero-order valence-corrected chi connectivity index (χ0v) is 11.5. The Morgan fingerprint density at radius 1 is 1.47 bits per heavy atom. The molecule has 0 saturated heterocycles. The Bertz CT molecular complexity index is 368. The van der Waals surface area contributed by atoms with E-state index >= 15 is 0 Å². The maximum absolute atomic E-state index is 10.6. The van der Waals surface area contributed by atoms with Crippen LogP contribution in [0.15, 0.2) is 28.7 Å². The third-order valence-electron chi connectivity index (χ3n) is 2.66. The van der Waals surface area contributed by atoms with E-state index in [9.17, 15) is 4.79 Å². The normalized spacial score (nSPS) is 12.4. The molecule has 17 heavy (non-hydrogen) atoms. The molecule has 1 atom stereocenters. The number of hydrogen-bond acceptors (Lipinski definition) is 2. The monoisotopic (exact) mass is 299 g/mol. The van der Waals surface area contributed by atoms with E-state index in [0.29, 0.717) is 6.42 Å². The SMILES string of the molecule is CC(CCNCCc1cccc(Br)c1)C(=O)O. The van der Waals surface area contributed by atoms with Gasteiger partial charge in [-0.15, -0.1) is 0 Å². The van der Waals surface area contributed by atoms with Crippen LogP contribution in [0.3, 0.4) is 0 Å². The van der Waals surface area contributed by atoms with Crippen molar-refractivity contribution in [3.63, 3.8) is 0 Å². The van der Waals surface area contributed by atoms with E-state index in [2.05, 4.69) is 33.4 Å². The van der Waals surface area contributed by atoms with E-state index in [0.717, 1.165) is 24.0 Å². The lowest BCUT2D eigenvalue weighted by Crippen LogP contribution is -2.22. The lowest BCUT2D eigenvalue weighted by Gasteiger charge is -2.07. The third-order valence-corrected chi connectivity index (χ3v) is 3.15. The van der Waals surface area contributed by atoms with Crippen molar-refractivity contribution >= 4 is 21.9 Å². The minimum atomic E-state index is -0.723. The molecule has 1 unspecified atom stereocenters. The van der Waals surface area contributed by atoms with Gasteiger partial charge in [-0.1, -0.05) is 35.0 Å². The number of benzene rings is 1. The van der Waals surface area contributed by atoms with Crippen LogP contribution in [0.1, 0.15) is 18.9 Å². The van der Waals surface area contributed by atoms with Gasteiger partial charge < -0.3 is 10.4 Å². The van der Waals surface area contributed by atoms with Gasteiger partial charge in [0.1, 0.15) is 0 Å². The molecule has 0 aromatic heterocycles. The van der Waals surface area contributed by atoms with Crippen LogP contribution in [-0.2, 0) is 11.2 Å². The van der Waals surface area contributed by atoms with Crippen molar-refractivity contribution in [2.24, 2.45) is 5.92 Å². The number of rotatable bonds is 7. The van der Waals surface area contributed by atoms with Gasteiger partial charge in [0.05, 0.1) is 5.92 Å². The predicted molar refractivity (Wildman–Crippen MR) is 72.1 cm³/mol. The zero-order chi connectivity index (χ0) is 12.7. The summed E-state index contributed by atoms with van der Waals surface area (Å²) in [6.45, 7) is 3.36. The summed E-state index contributed by atoms with van der Waals surface area (Å²) < 4.78 is 1.09. The minimum Gasteiger partial charge on any atom is -0.481 e. The highest BCUT2D eigenvalue weighted by molar-refractivity contribution is 9.10. The molecule has 0 heterocycles. The van der Waals surface area contributed by atoms with Gasteiger partial charge >= 0.3 is 5.97 Å². The zero-order valence-electron chi connectivity index (χ0n) is 9.95. The average Bonchev–Trinajstić information content (AvgIpc) is 2.28. The van der Waals surface area contributed by atoms with Gasteiger partial charge in [0.2, 0.25) is 0 Å². The van der Waals surface area contributed by atoms with Gasteiger partial charge in [-0.3, -0.25) is 4.79 Å². The van der Waals surface area contributed by atoms with Crippen molar-refractivity contribution in [3.05, 3.63) is 34.3 Å². The summed E-state index contributed by atoms with van der Waals surface area (Å²) in [6.07, 6.45) is 1.63. The summed E-state index contributed by atoms with van der Waals surface area (Å²) in [7, 11) is 0. The second-order valence-electron chi connectivity index (χ2n) is 4.16. The molecule has 3 nitrogen and oxygen atoms in total. The summed E-state index contributed by atoms with van der Waals surface area (Å²) in [5.41, 5.74) is 1.28. The largest absolute Gasteiger partial charge is 0.481 e. The summed E-state index contributed by atoms with van der Waals surface area (Å²) >= 11 is 3.43. The van der Waals surface area contributed by atoms with Gasteiger partial charge in [0.25, 0.3) is 0 Å². The Morgan fingerprint density at radius 2 is 2.24 bits per heavy atom. The van der Waals surface area contributed by atoms with Crippen molar-refractivity contribution in [3.8, 4) is 0 Å². The average molecular weight is 300 g/mol. The van der Waals surface area contributed by atoms with Crippen LogP contribution in [-0.4, -0.2) is 24.2 Å². The second kappa shape index (κ2) is 7.45. The van der Waals surface area contributed by atoms with Gasteiger partial charge in [-0.2, -0.15) is 0 Å². The molecule has 0 aliphatic rings. The molecule has 4 heteroatoms. The maximum atomic E-state index is 10.6. The fraction of sp³-hybridized carbons (Fsp3) is 0.462. The topological polar surface area (TPSA) is 49.3 Å². The van der Waals surface area contributed by atoms with Gasteiger partial charge in [0.15, 0.2) is 0 Å². The number of nitrogens with one attached hydrogen (secondary N) is 1. The Kier molecular flexibility index (Phi) is 6.22. The van der Waals surface area contributed by atoms with E-state index < -0.39 is 5.97 Å². The summed E-state index contributed by atoms with van der Waals surface area (Å²) in [4.78, 5) is 10.6. The number of carboxylic acids is 1. The van der Waals surface area contributed by atoms with Crippen LogP contribution in [0, 0.1) is 5.92 Å². The summed E-state index contributed by atoms with van der Waals surface area (Å²) in [5.74, 6) is -0.993.